The number of thioether (sulfide) groups is 1. The molecule has 0 spiro atoms. The minimum atomic E-state index is 0.457. The molecule has 0 aliphatic rings. The van der Waals surface area contributed by atoms with Crippen molar-refractivity contribution in [2.24, 2.45) is 5.92 Å². The second-order valence-electron chi connectivity index (χ2n) is 5.24. The van der Waals surface area contributed by atoms with Crippen LogP contribution < -0.4 is 5.32 Å². The fraction of sp³-hybridized carbons (Fsp3) is 0.647. The molecule has 0 saturated carbocycles. The summed E-state index contributed by atoms with van der Waals surface area (Å²) in [6.45, 7) is 10.1. The first-order chi connectivity index (χ1) is 9.21. The van der Waals surface area contributed by atoms with Crippen molar-refractivity contribution < 1.29 is 0 Å². The van der Waals surface area contributed by atoms with Gasteiger partial charge in [0.2, 0.25) is 0 Å². The normalized spacial score (nSPS) is 12.9. The molecule has 19 heavy (non-hydrogen) atoms. The molecular formula is C17H29NS. The molecule has 0 bridgehead atoms. The Bertz CT molecular complexity index is 330. The van der Waals surface area contributed by atoms with Gasteiger partial charge in [0.25, 0.3) is 0 Å². The summed E-state index contributed by atoms with van der Waals surface area (Å²) in [5, 5.41) is 3.53. The number of benzene rings is 1. The molecule has 1 N–H and O–H groups in total. The summed E-state index contributed by atoms with van der Waals surface area (Å²) in [5.74, 6) is 2.10. The van der Waals surface area contributed by atoms with Crippen LogP contribution in [0.25, 0.3) is 0 Å². The highest BCUT2D eigenvalue weighted by atomic mass is 32.2. The van der Waals surface area contributed by atoms with Crippen LogP contribution in [0.1, 0.15) is 58.6 Å². The minimum Gasteiger partial charge on any atom is -0.310 e. The lowest BCUT2D eigenvalue weighted by Crippen LogP contribution is -2.19. The Morgan fingerprint density at radius 3 is 2.21 bits per heavy atom. The molecule has 2 heteroatoms. The van der Waals surface area contributed by atoms with Crippen molar-refractivity contribution in [2.45, 2.75) is 57.9 Å². The molecule has 1 aromatic rings. The Morgan fingerprint density at radius 1 is 1.05 bits per heavy atom. The Balaban J connectivity index is 2.47. The lowest BCUT2D eigenvalue weighted by molar-refractivity contribution is 0.554. The highest BCUT2D eigenvalue weighted by molar-refractivity contribution is 7.99. The monoisotopic (exact) mass is 279 g/mol. The van der Waals surface area contributed by atoms with Crippen molar-refractivity contribution in [1.82, 2.24) is 5.32 Å². The molecule has 0 aliphatic heterocycles. The molecule has 1 unspecified atom stereocenters. The molecule has 0 aromatic heterocycles. The van der Waals surface area contributed by atoms with Gasteiger partial charge in [0.15, 0.2) is 0 Å². The molecule has 1 aromatic carbocycles. The van der Waals surface area contributed by atoms with Gasteiger partial charge in [-0.05, 0) is 43.5 Å². The lowest BCUT2D eigenvalue weighted by atomic mass is 10.1. The topological polar surface area (TPSA) is 12.0 Å². The molecule has 0 radical (unpaired) electrons. The van der Waals surface area contributed by atoms with E-state index in [2.05, 4.69) is 57.3 Å². The lowest BCUT2D eigenvalue weighted by Gasteiger charge is -2.15. The first-order valence-electron chi connectivity index (χ1n) is 7.67. The highest BCUT2D eigenvalue weighted by Gasteiger charge is 2.06. The SMILES string of the molecule is CCCNC(C)c1ccc(SCC(CC)CC)cc1. The minimum absolute atomic E-state index is 0.457. The van der Waals surface area contributed by atoms with Crippen molar-refractivity contribution in [3.05, 3.63) is 29.8 Å². The van der Waals surface area contributed by atoms with E-state index in [0.717, 1.165) is 12.5 Å². The number of hydrogen-bond donors (Lipinski definition) is 1. The van der Waals surface area contributed by atoms with Crippen LogP contribution in [-0.4, -0.2) is 12.3 Å². The van der Waals surface area contributed by atoms with Crippen LogP contribution in [0.5, 0.6) is 0 Å². The largest absolute Gasteiger partial charge is 0.310 e. The molecule has 0 amide bonds. The second-order valence-corrected chi connectivity index (χ2v) is 6.33. The molecular weight excluding hydrogens is 250 g/mol. The van der Waals surface area contributed by atoms with Crippen LogP contribution in [0.2, 0.25) is 0 Å². The van der Waals surface area contributed by atoms with Gasteiger partial charge >= 0.3 is 0 Å². The van der Waals surface area contributed by atoms with Crippen LogP contribution in [0.3, 0.4) is 0 Å². The molecule has 1 atom stereocenters. The van der Waals surface area contributed by atoms with E-state index in [0.29, 0.717) is 6.04 Å². The van der Waals surface area contributed by atoms with Crippen molar-refractivity contribution in [3.8, 4) is 0 Å². The molecule has 1 rings (SSSR count). The fourth-order valence-corrected chi connectivity index (χ4v) is 3.30. The third-order valence-electron chi connectivity index (χ3n) is 3.72. The van der Waals surface area contributed by atoms with Crippen molar-refractivity contribution in [1.29, 1.82) is 0 Å². The Labute approximate surface area is 123 Å². The summed E-state index contributed by atoms with van der Waals surface area (Å²) in [6.07, 6.45) is 3.77. The van der Waals surface area contributed by atoms with Crippen LogP contribution in [0, 0.1) is 5.92 Å². The van der Waals surface area contributed by atoms with Gasteiger partial charge in [0, 0.05) is 16.7 Å². The zero-order chi connectivity index (χ0) is 14.1. The Hall–Kier alpha value is -0.470. The maximum Gasteiger partial charge on any atom is 0.0291 e. The summed E-state index contributed by atoms with van der Waals surface area (Å²) in [7, 11) is 0. The fourth-order valence-electron chi connectivity index (χ4n) is 2.07. The molecule has 0 heterocycles. The van der Waals surface area contributed by atoms with E-state index in [-0.39, 0.29) is 0 Å². The van der Waals surface area contributed by atoms with Gasteiger partial charge in [-0.25, -0.2) is 0 Å². The van der Waals surface area contributed by atoms with E-state index in [1.165, 1.54) is 35.5 Å². The van der Waals surface area contributed by atoms with Gasteiger partial charge in [0.1, 0.15) is 0 Å². The van der Waals surface area contributed by atoms with Crippen LogP contribution in [-0.2, 0) is 0 Å². The van der Waals surface area contributed by atoms with Crippen LogP contribution in [0.15, 0.2) is 29.2 Å². The average molecular weight is 279 g/mol. The van der Waals surface area contributed by atoms with Crippen molar-refractivity contribution >= 4 is 11.8 Å². The van der Waals surface area contributed by atoms with E-state index in [1.807, 2.05) is 11.8 Å². The van der Waals surface area contributed by atoms with Gasteiger partial charge in [-0.3, -0.25) is 0 Å². The maximum atomic E-state index is 3.53. The Kier molecular flexibility index (Phi) is 8.24. The third kappa shape index (κ3) is 6.01. The summed E-state index contributed by atoms with van der Waals surface area (Å²) in [6, 6.07) is 9.53. The van der Waals surface area contributed by atoms with Gasteiger partial charge in [0.05, 0.1) is 0 Å². The average Bonchev–Trinajstić information content (AvgIpc) is 2.46. The van der Waals surface area contributed by atoms with E-state index >= 15 is 0 Å². The quantitative estimate of drug-likeness (QED) is 0.618. The molecule has 108 valence electrons. The van der Waals surface area contributed by atoms with Crippen molar-refractivity contribution in [3.63, 3.8) is 0 Å². The third-order valence-corrected chi connectivity index (χ3v) is 4.96. The summed E-state index contributed by atoms with van der Waals surface area (Å²) >= 11 is 2.00. The maximum absolute atomic E-state index is 3.53. The summed E-state index contributed by atoms with van der Waals surface area (Å²) in [4.78, 5) is 1.40. The zero-order valence-corrected chi connectivity index (χ0v) is 13.7. The van der Waals surface area contributed by atoms with Crippen LogP contribution >= 0.6 is 11.8 Å². The summed E-state index contributed by atoms with van der Waals surface area (Å²) < 4.78 is 0. The number of hydrogen-bond acceptors (Lipinski definition) is 2. The van der Waals surface area contributed by atoms with Crippen molar-refractivity contribution in [2.75, 3.05) is 12.3 Å². The highest BCUT2D eigenvalue weighted by Crippen LogP contribution is 2.25. The number of nitrogens with one attached hydrogen (secondary N) is 1. The van der Waals surface area contributed by atoms with E-state index in [1.54, 1.807) is 0 Å². The van der Waals surface area contributed by atoms with Gasteiger partial charge < -0.3 is 5.32 Å². The standard InChI is InChI=1S/C17H29NS/c1-5-12-18-14(4)16-8-10-17(11-9-16)19-13-15(6-2)7-3/h8-11,14-15,18H,5-7,12-13H2,1-4H3. The van der Waals surface area contributed by atoms with Gasteiger partial charge in [-0.1, -0.05) is 45.7 Å². The first-order valence-corrected chi connectivity index (χ1v) is 8.65. The second kappa shape index (κ2) is 9.44. The van der Waals surface area contributed by atoms with Crippen LogP contribution in [0.4, 0.5) is 0 Å². The predicted octanol–water partition coefficient (Wildman–Crippen LogP) is 5.28. The smallest absolute Gasteiger partial charge is 0.0291 e. The van der Waals surface area contributed by atoms with E-state index in [4.69, 9.17) is 0 Å². The van der Waals surface area contributed by atoms with Gasteiger partial charge in [-0.15, -0.1) is 11.8 Å². The molecule has 0 saturated heterocycles. The predicted molar refractivity (Wildman–Crippen MR) is 87.9 cm³/mol. The van der Waals surface area contributed by atoms with E-state index in [9.17, 15) is 0 Å². The number of rotatable bonds is 9. The molecule has 0 fully saturated rings. The molecule has 0 aliphatic carbocycles. The molecule has 1 nitrogen and oxygen atoms in total. The Morgan fingerprint density at radius 2 is 1.68 bits per heavy atom. The van der Waals surface area contributed by atoms with Gasteiger partial charge in [-0.2, -0.15) is 0 Å². The van der Waals surface area contributed by atoms with E-state index < -0.39 is 0 Å². The first kappa shape index (κ1) is 16.6. The zero-order valence-electron chi connectivity index (χ0n) is 12.9. The summed E-state index contributed by atoms with van der Waals surface area (Å²) in [5.41, 5.74) is 1.39.